The summed E-state index contributed by atoms with van der Waals surface area (Å²) in [4.78, 5) is 0. The summed E-state index contributed by atoms with van der Waals surface area (Å²) >= 11 is 0. The van der Waals surface area contributed by atoms with Crippen molar-refractivity contribution in [2.75, 3.05) is 0 Å². The molecule has 2 aromatic rings. The van der Waals surface area contributed by atoms with Crippen molar-refractivity contribution < 1.29 is 0 Å². The minimum Gasteiger partial charge on any atom is -0.327 e. The molecule has 1 aliphatic carbocycles. The first-order valence-corrected chi connectivity index (χ1v) is 7.45. The topological polar surface area (TPSA) is 26.0 Å². The maximum atomic E-state index is 6.48. The van der Waals surface area contributed by atoms with Crippen LogP contribution in [0.1, 0.15) is 30.9 Å². The fourth-order valence-corrected chi connectivity index (χ4v) is 3.87. The second-order valence-corrected chi connectivity index (χ2v) is 6.59. The van der Waals surface area contributed by atoms with Gasteiger partial charge in [-0.2, -0.15) is 0 Å². The number of rotatable bonds is 3. The fraction of sp³-hybridized carbons (Fsp3) is 0.368. The summed E-state index contributed by atoms with van der Waals surface area (Å²) in [5.74, 6) is 1.09. The average molecular weight is 265 g/mol. The van der Waals surface area contributed by atoms with E-state index in [4.69, 9.17) is 5.73 Å². The molecule has 20 heavy (non-hydrogen) atoms. The third-order valence-corrected chi connectivity index (χ3v) is 5.02. The molecule has 1 saturated carbocycles. The lowest BCUT2D eigenvalue weighted by Crippen LogP contribution is -2.61. The zero-order chi connectivity index (χ0) is 14.2. The Morgan fingerprint density at radius 3 is 2.05 bits per heavy atom. The van der Waals surface area contributed by atoms with Crippen LogP contribution in [0.2, 0.25) is 0 Å². The molecule has 2 aromatic carbocycles. The molecule has 0 saturated heterocycles. The zero-order valence-electron chi connectivity index (χ0n) is 12.3. The zero-order valence-corrected chi connectivity index (χ0v) is 12.3. The first-order valence-electron chi connectivity index (χ1n) is 7.45. The summed E-state index contributed by atoms with van der Waals surface area (Å²) in [6, 6.07) is 21.8. The first-order chi connectivity index (χ1) is 9.60. The normalized spacial score (nSPS) is 27.9. The van der Waals surface area contributed by atoms with Gasteiger partial charge < -0.3 is 5.73 Å². The van der Waals surface area contributed by atoms with Crippen molar-refractivity contribution in [1.82, 2.24) is 0 Å². The molecule has 2 N–H and O–H groups in total. The second kappa shape index (κ2) is 5.06. The lowest BCUT2D eigenvalue weighted by Gasteiger charge is -2.57. The highest BCUT2D eigenvalue weighted by molar-refractivity contribution is 5.31. The molecule has 0 aromatic heterocycles. The standard InChI is InChI=1S/C19H23N/c1-19(2)17(15-11-7-4-8-12-15)16(18(19)20)13-14-9-5-3-6-10-14/h3-12,16-18H,13,20H2,1-2H3. The third-order valence-electron chi connectivity index (χ3n) is 5.02. The van der Waals surface area contributed by atoms with E-state index in [2.05, 4.69) is 74.5 Å². The number of hydrogen-bond acceptors (Lipinski definition) is 1. The van der Waals surface area contributed by atoms with Crippen LogP contribution >= 0.6 is 0 Å². The molecule has 3 atom stereocenters. The Kier molecular flexibility index (Phi) is 3.39. The highest BCUT2D eigenvalue weighted by Crippen LogP contribution is 2.56. The Morgan fingerprint density at radius 1 is 0.900 bits per heavy atom. The van der Waals surface area contributed by atoms with Gasteiger partial charge in [-0.1, -0.05) is 74.5 Å². The van der Waals surface area contributed by atoms with Gasteiger partial charge in [-0.05, 0) is 34.8 Å². The Balaban J connectivity index is 1.86. The molecule has 3 rings (SSSR count). The van der Waals surface area contributed by atoms with E-state index in [1.54, 1.807) is 0 Å². The van der Waals surface area contributed by atoms with E-state index in [9.17, 15) is 0 Å². The quantitative estimate of drug-likeness (QED) is 0.892. The molecule has 1 heteroatoms. The average Bonchev–Trinajstić information content (AvgIpc) is 2.48. The van der Waals surface area contributed by atoms with E-state index in [-0.39, 0.29) is 11.5 Å². The highest BCUT2D eigenvalue weighted by Gasteiger charge is 2.54. The maximum Gasteiger partial charge on any atom is 0.0134 e. The molecule has 1 nitrogen and oxygen atoms in total. The summed E-state index contributed by atoms with van der Waals surface area (Å²) in [6.45, 7) is 4.60. The van der Waals surface area contributed by atoms with Crippen LogP contribution in [-0.2, 0) is 6.42 Å². The molecule has 3 unspecified atom stereocenters. The summed E-state index contributed by atoms with van der Waals surface area (Å²) in [5.41, 5.74) is 9.48. The summed E-state index contributed by atoms with van der Waals surface area (Å²) in [6.07, 6.45) is 1.07. The van der Waals surface area contributed by atoms with Gasteiger partial charge in [0.25, 0.3) is 0 Å². The smallest absolute Gasteiger partial charge is 0.0134 e. The van der Waals surface area contributed by atoms with E-state index in [0.717, 1.165) is 6.42 Å². The first kappa shape index (κ1) is 13.4. The lowest BCUT2D eigenvalue weighted by atomic mass is 9.49. The van der Waals surface area contributed by atoms with Gasteiger partial charge in [0.05, 0.1) is 0 Å². The van der Waals surface area contributed by atoms with E-state index in [1.165, 1.54) is 11.1 Å². The van der Waals surface area contributed by atoms with Gasteiger partial charge in [-0.3, -0.25) is 0 Å². The molecule has 0 aliphatic heterocycles. The van der Waals surface area contributed by atoms with Gasteiger partial charge in [0, 0.05) is 6.04 Å². The van der Waals surface area contributed by atoms with E-state index in [1.807, 2.05) is 0 Å². The minimum absolute atomic E-state index is 0.181. The lowest BCUT2D eigenvalue weighted by molar-refractivity contribution is 0.0138. The van der Waals surface area contributed by atoms with Crippen LogP contribution in [0, 0.1) is 11.3 Å². The van der Waals surface area contributed by atoms with Gasteiger partial charge in [0.2, 0.25) is 0 Å². The van der Waals surface area contributed by atoms with Crippen LogP contribution in [0.25, 0.3) is 0 Å². The maximum absolute atomic E-state index is 6.48. The van der Waals surface area contributed by atoms with Gasteiger partial charge >= 0.3 is 0 Å². The molecule has 0 bridgehead atoms. The van der Waals surface area contributed by atoms with Crippen LogP contribution in [0.3, 0.4) is 0 Å². The molecule has 0 spiro atoms. The molecule has 0 radical (unpaired) electrons. The van der Waals surface area contributed by atoms with Crippen molar-refractivity contribution in [3.8, 4) is 0 Å². The highest BCUT2D eigenvalue weighted by atomic mass is 14.8. The molecule has 0 heterocycles. The van der Waals surface area contributed by atoms with Crippen molar-refractivity contribution >= 4 is 0 Å². The predicted octanol–water partition coefficient (Wildman–Crippen LogP) is 4.00. The minimum atomic E-state index is 0.181. The van der Waals surface area contributed by atoms with E-state index >= 15 is 0 Å². The van der Waals surface area contributed by atoms with Crippen LogP contribution in [0.15, 0.2) is 60.7 Å². The van der Waals surface area contributed by atoms with Crippen LogP contribution in [0.4, 0.5) is 0 Å². The number of benzene rings is 2. The van der Waals surface area contributed by atoms with Crippen molar-refractivity contribution in [3.63, 3.8) is 0 Å². The predicted molar refractivity (Wildman–Crippen MR) is 84.6 cm³/mol. The SMILES string of the molecule is CC1(C)C(N)C(Cc2ccccc2)C1c1ccccc1. The number of hydrogen-bond donors (Lipinski definition) is 1. The fourth-order valence-electron chi connectivity index (χ4n) is 3.87. The molecule has 0 amide bonds. The summed E-state index contributed by atoms with van der Waals surface area (Å²) < 4.78 is 0. The molecule has 1 fully saturated rings. The van der Waals surface area contributed by atoms with Crippen LogP contribution in [-0.4, -0.2) is 6.04 Å². The molecular weight excluding hydrogens is 242 g/mol. The Hall–Kier alpha value is -1.60. The van der Waals surface area contributed by atoms with Crippen molar-refractivity contribution in [2.45, 2.75) is 32.2 Å². The van der Waals surface area contributed by atoms with Gasteiger partial charge in [-0.15, -0.1) is 0 Å². The van der Waals surface area contributed by atoms with E-state index in [0.29, 0.717) is 11.8 Å². The molecule has 1 aliphatic rings. The van der Waals surface area contributed by atoms with Crippen molar-refractivity contribution in [3.05, 3.63) is 71.8 Å². The van der Waals surface area contributed by atoms with Crippen LogP contribution < -0.4 is 5.73 Å². The third kappa shape index (κ3) is 2.16. The van der Waals surface area contributed by atoms with Gasteiger partial charge in [0.1, 0.15) is 0 Å². The van der Waals surface area contributed by atoms with Gasteiger partial charge in [-0.25, -0.2) is 0 Å². The van der Waals surface area contributed by atoms with Gasteiger partial charge in [0.15, 0.2) is 0 Å². The Bertz CT molecular complexity index is 559. The summed E-state index contributed by atoms with van der Waals surface area (Å²) in [5, 5.41) is 0. The Morgan fingerprint density at radius 2 is 1.45 bits per heavy atom. The number of nitrogens with two attached hydrogens (primary N) is 1. The molecular formula is C19H23N. The monoisotopic (exact) mass is 265 g/mol. The van der Waals surface area contributed by atoms with E-state index < -0.39 is 0 Å². The molecule has 104 valence electrons. The van der Waals surface area contributed by atoms with Crippen molar-refractivity contribution in [1.29, 1.82) is 0 Å². The van der Waals surface area contributed by atoms with Crippen molar-refractivity contribution in [2.24, 2.45) is 17.1 Å². The Labute approximate surface area is 121 Å². The van der Waals surface area contributed by atoms with Crippen LogP contribution in [0.5, 0.6) is 0 Å². The largest absolute Gasteiger partial charge is 0.327 e. The second-order valence-electron chi connectivity index (χ2n) is 6.59. The summed E-state index contributed by atoms with van der Waals surface area (Å²) in [7, 11) is 0.